The van der Waals surface area contributed by atoms with E-state index in [1.807, 2.05) is 35.9 Å². The number of imidazole rings is 1. The summed E-state index contributed by atoms with van der Waals surface area (Å²) >= 11 is 0. The molecule has 4 heterocycles. The van der Waals surface area contributed by atoms with Gasteiger partial charge in [-0.2, -0.15) is 0 Å². The fraction of sp³-hybridized carbons (Fsp3) is 0.538. The maximum Gasteiger partial charge on any atom is 0.154 e. The Labute approximate surface area is 192 Å². The summed E-state index contributed by atoms with van der Waals surface area (Å²) in [5.41, 5.74) is 1.85. The third kappa shape index (κ3) is 6.30. The second kappa shape index (κ2) is 12.0. The largest absolute Gasteiger partial charge is 0.370 e. The molecule has 6 nitrogen and oxygen atoms in total. The van der Waals surface area contributed by atoms with E-state index in [9.17, 15) is 0 Å². The summed E-state index contributed by atoms with van der Waals surface area (Å²) in [6.45, 7) is 8.42. The fourth-order valence-corrected chi connectivity index (χ4v) is 4.40. The van der Waals surface area contributed by atoms with Crippen LogP contribution in [-0.4, -0.2) is 64.9 Å². The molecule has 2 aromatic rings. The third-order valence-electron chi connectivity index (χ3n) is 6.28. The van der Waals surface area contributed by atoms with Gasteiger partial charge in [-0.05, 0) is 76.4 Å². The molecule has 1 fully saturated rings. The lowest BCUT2D eigenvalue weighted by Gasteiger charge is -2.30. The summed E-state index contributed by atoms with van der Waals surface area (Å²) in [6.07, 6.45) is 21.6. The summed E-state index contributed by atoms with van der Waals surface area (Å²) < 4.78 is 8.09. The molecule has 0 saturated carbocycles. The number of nitrogens with zero attached hydrogens (tertiary/aromatic N) is 5. The van der Waals surface area contributed by atoms with Crippen molar-refractivity contribution in [1.82, 2.24) is 19.5 Å². The van der Waals surface area contributed by atoms with E-state index in [1.54, 1.807) is 0 Å². The standard InChI is InChI=1S/C26H37N5O/c1-2-3-6-11-24-13-12-23-22-27-25-14-15-26(28-31(23)25)30(18-9-5-10-21-32-24)20-19-29-16-7-4-8-17-29/h2-3,6,11-15,22,24H,4-5,7-10,16-21H2,1H3/b3-2-,11-6?,13-12+. The third-order valence-corrected chi connectivity index (χ3v) is 6.28. The number of fused-ring (bicyclic) bond motifs is 1. The van der Waals surface area contributed by atoms with Crippen LogP contribution in [0.15, 0.2) is 48.7 Å². The second-order valence-corrected chi connectivity index (χ2v) is 8.70. The topological polar surface area (TPSA) is 45.9 Å². The number of piperidine rings is 1. The van der Waals surface area contributed by atoms with Crippen molar-refractivity contribution in [2.24, 2.45) is 0 Å². The Kier molecular flexibility index (Phi) is 8.51. The smallest absolute Gasteiger partial charge is 0.154 e. The average molecular weight is 436 g/mol. The zero-order valence-corrected chi connectivity index (χ0v) is 19.4. The highest BCUT2D eigenvalue weighted by Crippen LogP contribution is 2.17. The van der Waals surface area contributed by atoms with E-state index in [2.05, 4.69) is 45.1 Å². The van der Waals surface area contributed by atoms with E-state index >= 15 is 0 Å². The quantitative estimate of drug-likeness (QED) is 0.635. The first-order chi connectivity index (χ1) is 15.8. The monoisotopic (exact) mass is 435 g/mol. The summed E-state index contributed by atoms with van der Waals surface area (Å²) in [7, 11) is 0. The second-order valence-electron chi connectivity index (χ2n) is 8.70. The molecule has 172 valence electrons. The lowest BCUT2D eigenvalue weighted by atomic mass is 10.1. The maximum atomic E-state index is 6.14. The SMILES string of the molecule is C/C=C\C=CC1/C=C/c2cnc3ccc(nn23)N(CCN2CCCCC2)CCCCCO1. The van der Waals surface area contributed by atoms with E-state index in [1.165, 1.54) is 32.4 Å². The molecule has 0 amide bonds. The van der Waals surface area contributed by atoms with Crippen LogP contribution < -0.4 is 4.90 Å². The van der Waals surface area contributed by atoms with Crippen LogP contribution in [0.5, 0.6) is 0 Å². The van der Waals surface area contributed by atoms with Gasteiger partial charge in [0.1, 0.15) is 5.82 Å². The highest BCUT2D eigenvalue weighted by atomic mass is 16.5. The molecule has 0 aliphatic carbocycles. The molecule has 0 radical (unpaired) electrons. The lowest BCUT2D eigenvalue weighted by molar-refractivity contribution is 0.112. The average Bonchev–Trinajstić information content (AvgIpc) is 3.23. The predicted octanol–water partition coefficient (Wildman–Crippen LogP) is 4.74. The normalized spacial score (nSPS) is 22.8. The van der Waals surface area contributed by atoms with Gasteiger partial charge in [0.25, 0.3) is 0 Å². The molecule has 2 aliphatic heterocycles. The van der Waals surface area contributed by atoms with E-state index in [-0.39, 0.29) is 6.10 Å². The number of ether oxygens (including phenoxy) is 1. The van der Waals surface area contributed by atoms with Crippen LogP contribution in [0.25, 0.3) is 11.7 Å². The molecule has 1 atom stereocenters. The molecule has 4 rings (SSSR count). The van der Waals surface area contributed by atoms with Crippen molar-refractivity contribution >= 4 is 17.5 Å². The minimum absolute atomic E-state index is 0.0519. The van der Waals surface area contributed by atoms with Gasteiger partial charge < -0.3 is 14.5 Å². The van der Waals surface area contributed by atoms with Crippen LogP contribution in [0.3, 0.4) is 0 Å². The number of allylic oxidation sites excluding steroid dienone is 3. The van der Waals surface area contributed by atoms with Gasteiger partial charge in [-0.25, -0.2) is 9.50 Å². The van der Waals surface area contributed by atoms with Gasteiger partial charge in [-0.1, -0.05) is 30.7 Å². The Morgan fingerprint density at radius 1 is 1.00 bits per heavy atom. The number of likely N-dealkylation sites (tertiary alicyclic amines) is 1. The zero-order valence-electron chi connectivity index (χ0n) is 19.4. The zero-order chi connectivity index (χ0) is 22.0. The van der Waals surface area contributed by atoms with Gasteiger partial charge >= 0.3 is 0 Å². The van der Waals surface area contributed by atoms with Crippen LogP contribution in [-0.2, 0) is 4.74 Å². The van der Waals surface area contributed by atoms with Gasteiger partial charge in [0.15, 0.2) is 5.65 Å². The highest BCUT2D eigenvalue weighted by Gasteiger charge is 2.15. The molecule has 6 heteroatoms. The van der Waals surface area contributed by atoms with Crippen LogP contribution in [0.4, 0.5) is 5.82 Å². The van der Waals surface area contributed by atoms with Crippen molar-refractivity contribution in [3.8, 4) is 0 Å². The van der Waals surface area contributed by atoms with Gasteiger partial charge in [0, 0.05) is 26.2 Å². The minimum Gasteiger partial charge on any atom is -0.370 e. The van der Waals surface area contributed by atoms with Crippen molar-refractivity contribution in [1.29, 1.82) is 0 Å². The first-order valence-corrected chi connectivity index (χ1v) is 12.2. The number of hydrogen-bond donors (Lipinski definition) is 0. The molecule has 2 aliphatic rings. The van der Waals surface area contributed by atoms with Crippen molar-refractivity contribution in [2.45, 2.75) is 51.6 Å². The van der Waals surface area contributed by atoms with Gasteiger partial charge in [0.2, 0.25) is 0 Å². The molecule has 0 aromatic carbocycles. The molecule has 32 heavy (non-hydrogen) atoms. The number of aromatic nitrogens is 3. The van der Waals surface area contributed by atoms with E-state index < -0.39 is 0 Å². The maximum absolute atomic E-state index is 6.14. The van der Waals surface area contributed by atoms with Crippen LogP contribution in [0.1, 0.15) is 51.1 Å². The Morgan fingerprint density at radius 2 is 1.84 bits per heavy atom. The summed E-state index contributed by atoms with van der Waals surface area (Å²) in [5, 5.41) is 4.99. The lowest BCUT2D eigenvalue weighted by Crippen LogP contribution is -2.38. The Balaban J connectivity index is 1.56. The predicted molar refractivity (Wildman–Crippen MR) is 132 cm³/mol. The molecule has 0 spiro atoms. The summed E-state index contributed by atoms with van der Waals surface area (Å²) in [6, 6.07) is 4.21. The molecule has 2 aromatic heterocycles. The van der Waals surface area contributed by atoms with Crippen LogP contribution >= 0.6 is 0 Å². The van der Waals surface area contributed by atoms with Crippen molar-refractivity contribution in [3.05, 3.63) is 54.4 Å². The van der Waals surface area contributed by atoms with Crippen molar-refractivity contribution < 1.29 is 4.74 Å². The highest BCUT2D eigenvalue weighted by molar-refractivity contribution is 5.54. The molecular formula is C26H37N5O. The number of hydrogen-bond acceptors (Lipinski definition) is 5. The fourth-order valence-electron chi connectivity index (χ4n) is 4.40. The Morgan fingerprint density at radius 3 is 2.72 bits per heavy atom. The van der Waals surface area contributed by atoms with Gasteiger partial charge in [0.05, 0.1) is 18.0 Å². The number of anilines is 1. The molecule has 2 bridgehead atoms. The van der Waals surface area contributed by atoms with Crippen LogP contribution in [0.2, 0.25) is 0 Å². The van der Waals surface area contributed by atoms with Crippen molar-refractivity contribution in [3.63, 3.8) is 0 Å². The number of rotatable bonds is 5. The van der Waals surface area contributed by atoms with Gasteiger partial charge in [-0.3, -0.25) is 0 Å². The molecule has 1 saturated heterocycles. The first-order valence-electron chi connectivity index (χ1n) is 12.2. The summed E-state index contributed by atoms with van der Waals surface area (Å²) in [4.78, 5) is 9.61. The first kappa shape index (κ1) is 22.7. The van der Waals surface area contributed by atoms with E-state index in [0.717, 1.165) is 62.7 Å². The van der Waals surface area contributed by atoms with E-state index in [4.69, 9.17) is 9.84 Å². The van der Waals surface area contributed by atoms with Crippen LogP contribution in [0, 0.1) is 0 Å². The molecule has 1 unspecified atom stereocenters. The molecule has 0 N–H and O–H groups in total. The Bertz CT molecular complexity index is 925. The molecular weight excluding hydrogens is 398 g/mol. The van der Waals surface area contributed by atoms with Crippen molar-refractivity contribution in [2.75, 3.05) is 44.2 Å². The Hall–Kier alpha value is -2.44. The van der Waals surface area contributed by atoms with E-state index in [0.29, 0.717) is 0 Å². The summed E-state index contributed by atoms with van der Waals surface area (Å²) in [5.74, 6) is 1.04. The van der Waals surface area contributed by atoms with Gasteiger partial charge in [-0.15, -0.1) is 5.10 Å². The minimum atomic E-state index is -0.0519.